The zero-order chi connectivity index (χ0) is 14.8. The number of halogens is 1. The molecule has 2 aliphatic heterocycles. The smallest absolute Gasteiger partial charge is 0.254 e. The van der Waals surface area contributed by atoms with Gasteiger partial charge in [0.25, 0.3) is 5.91 Å². The highest BCUT2D eigenvalue weighted by molar-refractivity contribution is 14.1. The molecule has 1 unspecified atom stereocenters. The first-order chi connectivity index (χ1) is 10.2. The van der Waals surface area contributed by atoms with Crippen LogP contribution in [0.5, 0.6) is 0 Å². The summed E-state index contributed by atoms with van der Waals surface area (Å²) in [4.78, 5) is 17.3. The fourth-order valence-corrected chi connectivity index (χ4v) is 3.84. The number of carbonyl (C=O) groups is 1. The van der Waals surface area contributed by atoms with Crippen LogP contribution in [0, 0.1) is 10.5 Å². The number of carbonyl (C=O) groups excluding carboxylic acids is 1. The number of rotatable bonds is 2. The van der Waals surface area contributed by atoms with Crippen molar-refractivity contribution in [2.24, 2.45) is 0 Å². The molecular formula is C16H22IN3O. The maximum Gasteiger partial charge on any atom is 0.254 e. The number of aryl methyl sites for hydroxylation is 1. The summed E-state index contributed by atoms with van der Waals surface area (Å²) in [5.74, 6) is 0.195. The van der Waals surface area contributed by atoms with Crippen LogP contribution in [-0.2, 0) is 0 Å². The van der Waals surface area contributed by atoms with Crippen molar-refractivity contribution >= 4 is 28.5 Å². The van der Waals surface area contributed by atoms with Gasteiger partial charge in [0.15, 0.2) is 0 Å². The number of benzene rings is 1. The second-order valence-corrected chi connectivity index (χ2v) is 6.99. The van der Waals surface area contributed by atoms with E-state index in [2.05, 4.69) is 45.8 Å². The van der Waals surface area contributed by atoms with Crippen molar-refractivity contribution < 1.29 is 4.79 Å². The third-order valence-corrected chi connectivity index (χ3v) is 5.97. The Morgan fingerprint density at radius 3 is 2.81 bits per heavy atom. The fraction of sp³-hybridized carbons (Fsp3) is 0.562. The maximum absolute atomic E-state index is 12.7. The molecule has 5 heteroatoms. The zero-order valence-corrected chi connectivity index (χ0v) is 14.6. The molecule has 21 heavy (non-hydrogen) atoms. The molecule has 0 aromatic heterocycles. The monoisotopic (exact) mass is 399 g/mol. The van der Waals surface area contributed by atoms with Crippen molar-refractivity contribution in [1.29, 1.82) is 0 Å². The van der Waals surface area contributed by atoms with E-state index in [1.807, 2.05) is 17.0 Å². The minimum Gasteiger partial charge on any atom is -0.337 e. The third-order valence-electron chi connectivity index (χ3n) is 4.54. The van der Waals surface area contributed by atoms with Gasteiger partial charge in [0, 0.05) is 48.9 Å². The SMILES string of the molecule is Cc1cccc(C(=O)N2CCC(N3CCNCC3)C2)c1I. The molecule has 0 aliphatic carbocycles. The minimum atomic E-state index is 0.195. The topological polar surface area (TPSA) is 35.6 Å². The van der Waals surface area contributed by atoms with Crippen molar-refractivity contribution in [3.8, 4) is 0 Å². The normalized spacial score (nSPS) is 23.5. The molecule has 0 spiro atoms. The van der Waals surface area contributed by atoms with Gasteiger partial charge in [0.1, 0.15) is 0 Å². The molecular weight excluding hydrogens is 377 g/mol. The number of piperazine rings is 1. The average Bonchev–Trinajstić information content (AvgIpc) is 3.00. The predicted molar refractivity (Wildman–Crippen MR) is 92.6 cm³/mol. The largest absolute Gasteiger partial charge is 0.337 e. The van der Waals surface area contributed by atoms with Crippen LogP contribution in [0.3, 0.4) is 0 Å². The molecule has 1 aromatic rings. The molecule has 1 amide bonds. The van der Waals surface area contributed by atoms with Gasteiger partial charge in [-0.05, 0) is 47.6 Å². The van der Waals surface area contributed by atoms with Crippen molar-refractivity contribution in [1.82, 2.24) is 15.1 Å². The summed E-state index contributed by atoms with van der Waals surface area (Å²) >= 11 is 2.29. The van der Waals surface area contributed by atoms with Gasteiger partial charge in [-0.1, -0.05) is 12.1 Å². The summed E-state index contributed by atoms with van der Waals surface area (Å²) in [7, 11) is 0. The van der Waals surface area contributed by atoms with Crippen LogP contribution >= 0.6 is 22.6 Å². The molecule has 0 bridgehead atoms. The standard InChI is InChI=1S/C16H22IN3O/c1-12-3-2-4-14(15(12)17)16(21)20-8-5-13(11-20)19-9-6-18-7-10-19/h2-4,13,18H,5-11H2,1H3. The number of hydrogen-bond donors (Lipinski definition) is 1. The first kappa shape index (κ1) is 15.2. The van der Waals surface area contributed by atoms with E-state index in [9.17, 15) is 4.79 Å². The van der Waals surface area contributed by atoms with Crippen molar-refractivity contribution in [3.05, 3.63) is 32.9 Å². The zero-order valence-electron chi connectivity index (χ0n) is 12.4. The van der Waals surface area contributed by atoms with Gasteiger partial charge in [-0.3, -0.25) is 9.69 Å². The van der Waals surface area contributed by atoms with E-state index in [1.165, 1.54) is 5.56 Å². The Hall–Kier alpha value is -0.660. The van der Waals surface area contributed by atoms with E-state index >= 15 is 0 Å². The Labute approximate surface area is 140 Å². The number of nitrogens with one attached hydrogen (secondary N) is 1. The summed E-state index contributed by atoms with van der Waals surface area (Å²) in [5, 5.41) is 3.39. The van der Waals surface area contributed by atoms with E-state index < -0.39 is 0 Å². The van der Waals surface area contributed by atoms with Gasteiger partial charge in [-0.15, -0.1) is 0 Å². The molecule has 2 saturated heterocycles. The summed E-state index contributed by atoms with van der Waals surface area (Å²) in [6.07, 6.45) is 1.11. The molecule has 2 heterocycles. The second-order valence-electron chi connectivity index (χ2n) is 5.92. The maximum atomic E-state index is 12.7. The van der Waals surface area contributed by atoms with Crippen LogP contribution in [0.4, 0.5) is 0 Å². The Bertz CT molecular complexity index is 528. The van der Waals surface area contributed by atoms with Crippen molar-refractivity contribution in [2.45, 2.75) is 19.4 Å². The molecule has 4 nitrogen and oxygen atoms in total. The van der Waals surface area contributed by atoms with E-state index in [4.69, 9.17) is 0 Å². The first-order valence-electron chi connectivity index (χ1n) is 7.66. The molecule has 2 aliphatic rings. The van der Waals surface area contributed by atoms with Gasteiger partial charge in [0.05, 0.1) is 5.56 Å². The van der Waals surface area contributed by atoms with Crippen molar-refractivity contribution in [2.75, 3.05) is 39.3 Å². The molecule has 0 saturated carbocycles. The van der Waals surface area contributed by atoms with Crippen LogP contribution in [0.1, 0.15) is 22.3 Å². The Kier molecular flexibility index (Phi) is 4.81. The Balaban J connectivity index is 1.68. The average molecular weight is 399 g/mol. The van der Waals surface area contributed by atoms with Crippen molar-refractivity contribution in [3.63, 3.8) is 0 Å². The quantitative estimate of drug-likeness (QED) is 0.770. The lowest BCUT2D eigenvalue weighted by Crippen LogP contribution is -2.49. The fourth-order valence-electron chi connectivity index (χ4n) is 3.25. The third kappa shape index (κ3) is 3.24. The molecule has 0 radical (unpaired) electrons. The van der Waals surface area contributed by atoms with E-state index in [0.717, 1.165) is 54.8 Å². The molecule has 3 rings (SSSR count). The molecule has 1 atom stereocenters. The highest BCUT2D eigenvalue weighted by atomic mass is 127. The van der Waals surface area contributed by atoms with Crippen LogP contribution in [0.2, 0.25) is 0 Å². The molecule has 114 valence electrons. The lowest BCUT2D eigenvalue weighted by atomic mass is 10.1. The Morgan fingerprint density at radius 2 is 2.05 bits per heavy atom. The summed E-state index contributed by atoms with van der Waals surface area (Å²) in [6, 6.07) is 6.54. The molecule has 2 fully saturated rings. The van der Waals surface area contributed by atoms with Gasteiger partial charge < -0.3 is 10.2 Å². The summed E-state index contributed by atoms with van der Waals surface area (Å²) in [6.45, 7) is 8.18. The highest BCUT2D eigenvalue weighted by Gasteiger charge is 2.31. The predicted octanol–water partition coefficient (Wildman–Crippen LogP) is 1.72. The van der Waals surface area contributed by atoms with Gasteiger partial charge >= 0.3 is 0 Å². The Morgan fingerprint density at radius 1 is 1.29 bits per heavy atom. The van der Waals surface area contributed by atoms with E-state index in [-0.39, 0.29) is 5.91 Å². The second kappa shape index (κ2) is 6.62. The van der Waals surface area contributed by atoms with Crippen LogP contribution in [0.25, 0.3) is 0 Å². The summed E-state index contributed by atoms with van der Waals surface area (Å²) < 4.78 is 1.09. The van der Waals surface area contributed by atoms with Crippen LogP contribution < -0.4 is 5.32 Å². The molecule has 1 N–H and O–H groups in total. The van der Waals surface area contributed by atoms with E-state index in [0.29, 0.717) is 6.04 Å². The lowest BCUT2D eigenvalue weighted by Gasteiger charge is -2.32. The van der Waals surface area contributed by atoms with E-state index in [1.54, 1.807) is 0 Å². The number of amides is 1. The number of likely N-dealkylation sites (tertiary alicyclic amines) is 1. The first-order valence-corrected chi connectivity index (χ1v) is 8.74. The van der Waals surface area contributed by atoms with Gasteiger partial charge in [0.2, 0.25) is 0 Å². The molecule has 1 aromatic carbocycles. The van der Waals surface area contributed by atoms with Gasteiger partial charge in [-0.25, -0.2) is 0 Å². The highest BCUT2D eigenvalue weighted by Crippen LogP contribution is 2.22. The number of hydrogen-bond acceptors (Lipinski definition) is 3. The number of nitrogens with zero attached hydrogens (tertiary/aromatic N) is 2. The summed E-state index contributed by atoms with van der Waals surface area (Å²) in [5.41, 5.74) is 2.04. The van der Waals surface area contributed by atoms with Gasteiger partial charge in [-0.2, -0.15) is 0 Å². The minimum absolute atomic E-state index is 0.195. The van der Waals surface area contributed by atoms with Crippen LogP contribution in [-0.4, -0.2) is 61.0 Å². The lowest BCUT2D eigenvalue weighted by molar-refractivity contribution is 0.0772. The van der Waals surface area contributed by atoms with Crippen LogP contribution in [0.15, 0.2) is 18.2 Å².